The summed E-state index contributed by atoms with van der Waals surface area (Å²) >= 11 is 0. The van der Waals surface area contributed by atoms with Gasteiger partial charge in [-0.1, -0.05) is 18.2 Å². The van der Waals surface area contributed by atoms with Crippen LogP contribution in [0.2, 0.25) is 0 Å². The molecule has 0 unspecified atom stereocenters. The molecule has 1 amide bonds. The van der Waals surface area contributed by atoms with Gasteiger partial charge >= 0.3 is 0 Å². The highest BCUT2D eigenvalue weighted by Crippen LogP contribution is 2.20. The lowest BCUT2D eigenvalue weighted by Gasteiger charge is -2.26. The van der Waals surface area contributed by atoms with E-state index >= 15 is 0 Å². The van der Waals surface area contributed by atoms with Crippen LogP contribution in [0, 0.1) is 0 Å². The highest BCUT2D eigenvalue weighted by atomic mass is 16.2. The maximum Gasteiger partial charge on any atom is 0.259 e. The van der Waals surface area contributed by atoms with Crippen molar-refractivity contribution >= 4 is 11.7 Å². The Kier molecular flexibility index (Phi) is 3.41. The first kappa shape index (κ1) is 12.7. The van der Waals surface area contributed by atoms with Crippen LogP contribution in [-0.4, -0.2) is 33.7 Å². The predicted molar refractivity (Wildman–Crippen MR) is 77.7 cm³/mol. The van der Waals surface area contributed by atoms with Gasteiger partial charge in [-0.25, -0.2) is 4.68 Å². The zero-order valence-corrected chi connectivity index (χ0v) is 11.3. The highest BCUT2D eigenvalue weighted by molar-refractivity contribution is 5.98. The molecular formula is C15H18N4O. The van der Waals surface area contributed by atoms with E-state index in [1.165, 1.54) is 6.42 Å². The normalized spacial score (nSPS) is 15.3. The van der Waals surface area contributed by atoms with Gasteiger partial charge in [0.1, 0.15) is 11.4 Å². The second-order valence-corrected chi connectivity index (χ2v) is 5.04. The fourth-order valence-corrected chi connectivity index (χ4v) is 2.56. The molecule has 5 nitrogen and oxygen atoms in total. The van der Waals surface area contributed by atoms with Crippen LogP contribution in [0.25, 0.3) is 5.69 Å². The zero-order valence-electron chi connectivity index (χ0n) is 11.3. The summed E-state index contributed by atoms with van der Waals surface area (Å²) in [5, 5.41) is 4.25. The first-order valence-corrected chi connectivity index (χ1v) is 6.95. The Morgan fingerprint density at radius 3 is 2.50 bits per heavy atom. The van der Waals surface area contributed by atoms with Crippen LogP contribution in [0.15, 0.2) is 36.5 Å². The van der Waals surface area contributed by atoms with Gasteiger partial charge in [0.2, 0.25) is 0 Å². The third-order valence-electron chi connectivity index (χ3n) is 3.68. The van der Waals surface area contributed by atoms with Crippen LogP contribution in [0.1, 0.15) is 29.6 Å². The summed E-state index contributed by atoms with van der Waals surface area (Å²) in [5.41, 5.74) is 7.46. The highest BCUT2D eigenvalue weighted by Gasteiger charge is 2.23. The Morgan fingerprint density at radius 2 is 1.80 bits per heavy atom. The number of anilines is 1. The van der Waals surface area contributed by atoms with Gasteiger partial charge in [0.25, 0.3) is 5.91 Å². The maximum absolute atomic E-state index is 12.5. The number of nitrogen functional groups attached to an aromatic ring is 1. The molecule has 104 valence electrons. The van der Waals surface area contributed by atoms with Gasteiger partial charge < -0.3 is 10.6 Å². The Morgan fingerprint density at radius 1 is 1.10 bits per heavy atom. The number of aromatic nitrogens is 2. The number of nitrogens with zero attached hydrogens (tertiary/aromatic N) is 3. The molecule has 1 aliphatic heterocycles. The number of hydrogen-bond donors (Lipinski definition) is 1. The van der Waals surface area contributed by atoms with Crippen molar-refractivity contribution in [2.45, 2.75) is 19.3 Å². The minimum atomic E-state index is -0.00983. The minimum Gasteiger partial charge on any atom is -0.383 e. The largest absolute Gasteiger partial charge is 0.383 e. The number of piperidine rings is 1. The van der Waals surface area contributed by atoms with E-state index in [4.69, 9.17) is 5.73 Å². The number of benzene rings is 1. The van der Waals surface area contributed by atoms with E-state index in [0.29, 0.717) is 11.4 Å². The van der Waals surface area contributed by atoms with Crippen LogP contribution >= 0.6 is 0 Å². The van der Waals surface area contributed by atoms with E-state index in [1.807, 2.05) is 35.2 Å². The molecule has 0 atom stereocenters. The van der Waals surface area contributed by atoms with Gasteiger partial charge in [-0.2, -0.15) is 5.10 Å². The molecule has 1 aromatic carbocycles. The van der Waals surface area contributed by atoms with E-state index in [-0.39, 0.29) is 5.91 Å². The number of rotatable bonds is 2. The van der Waals surface area contributed by atoms with Gasteiger partial charge in [0.15, 0.2) is 0 Å². The van der Waals surface area contributed by atoms with Crippen molar-refractivity contribution in [3.05, 3.63) is 42.1 Å². The Bertz CT molecular complexity index is 600. The molecule has 1 fully saturated rings. The molecule has 2 heterocycles. The SMILES string of the molecule is Nc1c(C(=O)N2CCCCC2)cnn1-c1ccccc1. The van der Waals surface area contributed by atoms with Crippen molar-refractivity contribution in [3.63, 3.8) is 0 Å². The van der Waals surface area contributed by atoms with Crippen molar-refractivity contribution in [3.8, 4) is 5.69 Å². The molecule has 0 saturated carbocycles. The van der Waals surface area contributed by atoms with Gasteiger partial charge in [-0.05, 0) is 31.4 Å². The van der Waals surface area contributed by atoms with Gasteiger partial charge in [0, 0.05) is 13.1 Å². The van der Waals surface area contributed by atoms with Crippen LogP contribution in [0.5, 0.6) is 0 Å². The van der Waals surface area contributed by atoms with E-state index in [0.717, 1.165) is 31.6 Å². The van der Waals surface area contributed by atoms with E-state index < -0.39 is 0 Å². The molecule has 0 radical (unpaired) electrons. The lowest BCUT2D eigenvalue weighted by molar-refractivity contribution is 0.0725. The molecule has 1 aliphatic rings. The molecule has 20 heavy (non-hydrogen) atoms. The average Bonchev–Trinajstić information content (AvgIpc) is 2.90. The molecule has 2 aromatic rings. The van der Waals surface area contributed by atoms with E-state index in [1.54, 1.807) is 10.9 Å². The summed E-state index contributed by atoms with van der Waals surface area (Å²) in [7, 11) is 0. The van der Waals surface area contributed by atoms with E-state index in [2.05, 4.69) is 5.10 Å². The van der Waals surface area contributed by atoms with E-state index in [9.17, 15) is 4.79 Å². The fraction of sp³-hybridized carbons (Fsp3) is 0.333. The standard InChI is InChI=1S/C15H18N4O/c16-14-13(15(20)18-9-5-2-6-10-18)11-17-19(14)12-7-3-1-4-8-12/h1,3-4,7-8,11H,2,5-6,9-10,16H2. The number of hydrogen-bond acceptors (Lipinski definition) is 3. The number of nitrogens with two attached hydrogens (primary N) is 1. The fourth-order valence-electron chi connectivity index (χ4n) is 2.56. The number of likely N-dealkylation sites (tertiary alicyclic amines) is 1. The van der Waals surface area contributed by atoms with Crippen molar-refractivity contribution < 1.29 is 4.79 Å². The minimum absolute atomic E-state index is 0.00983. The Hall–Kier alpha value is -2.30. The van der Waals surface area contributed by atoms with Gasteiger partial charge in [-0.15, -0.1) is 0 Å². The van der Waals surface area contributed by atoms with Crippen LogP contribution in [0.4, 0.5) is 5.82 Å². The molecule has 1 aromatic heterocycles. The second-order valence-electron chi connectivity index (χ2n) is 5.04. The number of para-hydroxylation sites is 1. The third kappa shape index (κ3) is 2.27. The lowest BCUT2D eigenvalue weighted by Crippen LogP contribution is -2.35. The zero-order chi connectivity index (χ0) is 13.9. The third-order valence-corrected chi connectivity index (χ3v) is 3.68. The first-order chi connectivity index (χ1) is 9.77. The van der Waals surface area contributed by atoms with Gasteiger partial charge in [-0.3, -0.25) is 4.79 Å². The topological polar surface area (TPSA) is 64.2 Å². The molecule has 3 rings (SSSR count). The summed E-state index contributed by atoms with van der Waals surface area (Å²) in [4.78, 5) is 14.3. The molecule has 5 heteroatoms. The average molecular weight is 270 g/mol. The van der Waals surface area contributed by atoms with Crippen LogP contribution in [0.3, 0.4) is 0 Å². The summed E-state index contributed by atoms with van der Waals surface area (Å²) in [6.45, 7) is 1.63. The van der Waals surface area contributed by atoms with Crippen molar-refractivity contribution in [1.82, 2.24) is 14.7 Å². The molecule has 2 N–H and O–H groups in total. The smallest absolute Gasteiger partial charge is 0.259 e. The van der Waals surface area contributed by atoms with Crippen LogP contribution < -0.4 is 5.73 Å². The van der Waals surface area contributed by atoms with Crippen LogP contribution in [-0.2, 0) is 0 Å². The summed E-state index contributed by atoms with van der Waals surface area (Å²) in [6, 6.07) is 9.60. The summed E-state index contributed by atoms with van der Waals surface area (Å²) in [6.07, 6.45) is 4.90. The van der Waals surface area contributed by atoms with Crippen molar-refractivity contribution in [2.75, 3.05) is 18.8 Å². The molecule has 0 bridgehead atoms. The van der Waals surface area contributed by atoms with Gasteiger partial charge in [0.05, 0.1) is 11.9 Å². The molecule has 1 saturated heterocycles. The second kappa shape index (κ2) is 5.36. The molecular weight excluding hydrogens is 252 g/mol. The summed E-state index contributed by atoms with van der Waals surface area (Å²) in [5.74, 6) is 0.399. The van der Waals surface area contributed by atoms with Crippen molar-refractivity contribution in [2.24, 2.45) is 0 Å². The number of carbonyl (C=O) groups is 1. The Balaban J connectivity index is 1.88. The molecule has 0 spiro atoms. The number of carbonyl (C=O) groups excluding carboxylic acids is 1. The quantitative estimate of drug-likeness (QED) is 0.908. The lowest BCUT2D eigenvalue weighted by atomic mass is 10.1. The first-order valence-electron chi connectivity index (χ1n) is 6.95. The van der Waals surface area contributed by atoms with Crippen molar-refractivity contribution in [1.29, 1.82) is 0 Å². The summed E-state index contributed by atoms with van der Waals surface area (Å²) < 4.78 is 1.61. The molecule has 0 aliphatic carbocycles. The Labute approximate surface area is 118 Å². The monoisotopic (exact) mass is 270 g/mol. The number of amides is 1. The maximum atomic E-state index is 12.5. The predicted octanol–water partition coefficient (Wildman–Crippen LogP) is 2.08.